The number of fused-ring (bicyclic) bond motifs is 1. The highest BCUT2D eigenvalue weighted by molar-refractivity contribution is 8.00. The number of benzene rings is 2. The van der Waals surface area contributed by atoms with Gasteiger partial charge >= 0.3 is 0 Å². The van der Waals surface area contributed by atoms with Crippen LogP contribution in [0.25, 0.3) is 10.9 Å². The van der Waals surface area contributed by atoms with Gasteiger partial charge in [0.05, 0.1) is 15.8 Å². The van der Waals surface area contributed by atoms with Crippen LogP contribution in [0.5, 0.6) is 0 Å². The van der Waals surface area contributed by atoms with Crippen LogP contribution in [0.1, 0.15) is 23.6 Å². The Bertz CT molecular complexity index is 924. The van der Waals surface area contributed by atoms with Crippen molar-refractivity contribution >= 4 is 28.6 Å². The lowest BCUT2D eigenvalue weighted by Crippen LogP contribution is -2.32. The SMILES string of the molecule is Cc1cc(S[C@H](C)C(=O)N(C)Cc2ccccc2)nc2c(C)cccc12. The number of nitrogens with zero attached hydrogens (tertiary/aromatic N) is 2. The van der Waals surface area contributed by atoms with Crippen LogP contribution in [-0.4, -0.2) is 28.1 Å². The highest BCUT2D eigenvalue weighted by Crippen LogP contribution is 2.28. The van der Waals surface area contributed by atoms with Crippen LogP contribution in [0, 0.1) is 13.8 Å². The maximum absolute atomic E-state index is 12.7. The molecule has 1 heterocycles. The Balaban J connectivity index is 1.74. The zero-order chi connectivity index (χ0) is 18.7. The molecule has 0 unspecified atom stereocenters. The number of thioether (sulfide) groups is 1. The number of hydrogen-bond donors (Lipinski definition) is 0. The second-order valence-corrected chi connectivity index (χ2v) is 8.05. The van der Waals surface area contributed by atoms with Crippen molar-refractivity contribution in [1.29, 1.82) is 0 Å². The summed E-state index contributed by atoms with van der Waals surface area (Å²) in [5.41, 5.74) is 4.51. The van der Waals surface area contributed by atoms with Crippen LogP contribution in [0.3, 0.4) is 0 Å². The van der Waals surface area contributed by atoms with Gasteiger partial charge in [0.15, 0.2) is 0 Å². The van der Waals surface area contributed by atoms with E-state index in [-0.39, 0.29) is 11.2 Å². The summed E-state index contributed by atoms with van der Waals surface area (Å²) < 4.78 is 0. The number of aryl methyl sites for hydroxylation is 2. The predicted molar refractivity (Wildman–Crippen MR) is 109 cm³/mol. The van der Waals surface area contributed by atoms with Crippen LogP contribution < -0.4 is 0 Å². The Morgan fingerprint density at radius 2 is 1.81 bits per heavy atom. The normalized spacial score (nSPS) is 12.2. The number of aromatic nitrogens is 1. The molecule has 0 radical (unpaired) electrons. The van der Waals surface area contributed by atoms with E-state index in [2.05, 4.69) is 38.1 Å². The van der Waals surface area contributed by atoms with Gasteiger partial charge in [-0.05, 0) is 43.5 Å². The lowest BCUT2D eigenvalue weighted by atomic mass is 10.1. The van der Waals surface area contributed by atoms with Gasteiger partial charge in [0, 0.05) is 19.0 Å². The van der Waals surface area contributed by atoms with Crippen molar-refractivity contribution < 1.29 is 4.79 Å². The zero-order valence-electron chi connectivity index (χ0n) is 15.7. The maximum atomic E-state index is 12.7. The van der Waals surface area contributed by atoms with Crippen LogP contribution in [0.2, 0.25) is 0 Å². The topological polar surface area (TPSA) is 33.2 Å². The Kier molecular flexibility index (Phi) is 5.62. The minimum absolute atomic E-state index is 0.114. The molecule has 26 heavy (non-hydrogen) atoms. The molecule has 0 bridgehead atoms. The smallest absolute Gasteiger partial charge is 0.235 e. The fourth-order valence-corrected chi connectivity index (χ4v) is 4.10. The number of hydrogen-bond acceptors (Lipinski definition) is 3. The van der Waals surface area contributed by atoms with Gasteiger partial charge in [-0.1, -0.05) is 60.3 Å². The predicted octanol–water partition coefficient (Wildman–Crippen LogP) is 4.99. The third-order valence-corrected chi connectivity index (χ3v) is 5.51. The summed E-state index contributed by atoms with van der Waals surface area (Å²) in [6.45, 7) is 6.74. The van der Waals surface area contributed by atoms with Crippen molar-refractivity contribution in [3.05, 3.63) is 71.3 Å². The van der Waals surface area contributed by atoms with E-state index in [4.69, 9.17) is 4.98 Å². The molecule has 0 N–H and O–H groups in total. The molecular weight excluding hydrogens is 340 g/mol. The van der Waals surface area contributed by atoms with Crippen molar-refractivity contribution in [3.63, 3.8) is 0 Å². The van der Waals surface area contributed by atoms with Gasteiger partial charge < -0.3 is 4.90 Å². The summed E-state index contributed by atoms with van der Waals surface area (Å²) in [6, 6.07) is 18.4. The van der Waals surface area contributed by atoms with E-state index in [9.17, 15) is 4.79 Å². The fraction of sp³-hybridized carbons (Fsp3) is 0.273. The molecule has 4 heteroatoms. The van der Waals surface area contributed by atoms with Gasteiger partial charge in [0.2, 0.25) is 5.91 Å². The second kappa shape index (κ2) is 7.92. The first-order chi connectivity index (χ1) is 12.5. The Labute approximate surface area is 159 Å². The Morgan fingerprint density at radius 1 is 1.08 bits per heavy atom. The van der Waals surface area contributed by atoms with Gasteiger partial charge in [-0.15, -0.1) is 0 Å². The zero-order valence-corrected chi connectivity index (χ0v) is 16.5. The number of carbonyl (C=O) groups is 1. The lowest BCUT2D eigenvalue weighted by Gasteiger charge is -2.21. The Morgan fingerprint density at radius 3 is 2.54 bits per heavy atom. The summed E-state index contributed by atoms with van der Waals surface area (Å²) in [7, 11) is 1.86. The molecule has 0 saturated carbocycles. The summed E-state index contributed by atoms with van der Waals surface area (Å²) in [5, 5.41) is 1.89. The summed E-state index contributed by atoms with van der Waals surface area (Å²) in [4.78, 5) is 19.3. The molecule has 0 saturated heterocycles. The van der Waals surface area contributed by atoms with E-state index < -0.39 is 0 Å². The molecule has 0 fully saturated rings. The van der Waals surface area contributed by atoms with Gasteiger partial charge in [-0.25, -0.2) is 4.98 Å². The average molecular weight is 365 g/mol. The second-order valence-electron chi connectivity index (χ2n) is 6.69. The largest absolute Gasteiger partial charge is 0.340 e. The lowest BCUT2D eigenvalue weighted by molar-refractivity contribution is -0.129. The standard InChI is InChI=1S/C22H24N2OS/c1-15-9-8-12-19-16(2)13-20(23-21(15)19)26-17(3)22(25)24(4)14-18-10-6-5-7-11-18/h5-13,17H,14H2,1-4H3/t17-/m1/s1. The van der Waals surface area contributed by atoms with E-state index in [1.807, 2.05) is 44.3 Å². The van der Waals surface area contributed by atoms with E-state index in [1.165, 1.54) is 22.7 Å². The third kappa shape index (κ3) is 4.07. The van der Waals surface area contributed by atoms with Crippen LogP contribution in [0.15, 0.2) is 59.6 Å². The van der Waals surface area contributed by atoms with E-state index in [1.54, 1.807) is 4.90 Å². The summed E-state index contributed by atoms with van der Waals surface area (Å²) >= 11 is 1.53. The van der Waals surface area contributed by atoms with Gasteiger partial charge in [0.25, 0.3) is 0 Å². The van der Waals surface area contributed by atoms with Gasteiger partial charge in [0.1, 0.15) is 0 Å². The molecule has 1 amide bonds. The molecule has 2 aromatic carbocycles. The first-order valence-corrected chi connectivity index (χ1v) is 9.66. The third-order valence-electron chi connectivity index (χ3n) is 4.51. The maximum Gasteiger partial charge on any atom is 0.235 e. The first kappa shape index (κ1) is 18.5. The number of amides is 1. The van der Waals surface area contributed by atoms with Crippen molar-refractivity contribution in [2.24, 2.45) is 0 Å². The van der Waals surface area contributed by atoms with E-state index in [0.29, 0.717) is 6.54 Å². The van der Waals surface area contributed by atoms with Crippen molar-refractivity contribution in [2.75, 3.05) is 7.05 Å². The molecule has 3 aromatic rings. The Hall–Kier alpha value is -2.33. The monoisotopic (exact) mass is 364 g/mol. The minimum Gasteiger partial charge on any atom is -0.340 e. The quantitative estimate of drug-likeness (QED) is 0.598. The van der Waals surface area contributed by atoms with Crippen LogP contribution in [-0.2, 0) is 11.3 Å². The van der Waals surface area contributed by atoms with Crippen LogP contribution >= 0.6 is 11.8 Å². The average Bonchev–Trinajstić information content (AvgIpc) is 2.63. The number of rotatable bonds is 5. The summed E-state index contributed by atoms with van der Waals surface area (Å²) in [6.07, 6.45) is 0. The molecule has 3 nitrogen and oxygen atoms in total. The molecule has 1 aromatic heterocycles. The first-order valence-electron chi connectivity index (χ1n) is 8.78. The summed E-state index contributed by atoms with van der Waals surface area (Å²) in [5.74, 6) is 0.114. The molecule has 0 aliphatic heterocycles. The van der Waals surface area contributed by atoms with E-state index in [0.717, 1.165) is 21.7 Å². The van der Waals surface area contributed by atoms with Crippen LogP contribution in [0.4, 0.5) is 0 Å². The van der Waals surface area contributed by atoms with Crippen molar-refractivity contribution in [3.8, 4) is 0 Å². The molecule has 134 valence electrons. The molecule has 0 aliphatic rings. The van der Waals surface area contributed by atoms with Gasteiger partial charge in [-0.2, -0.15) is 0 Å². The van der Waals surface area contributed by atoms with Gasteiger partial charge in [-0.3, -0.25) is 4.79 Å². The number of pyridine rings is 1. The highest BCUT2D eigenvalue weighted by atomic mass is 32.2. The molecule has 0 aliphatic carbocycles. The van der Waals surface area contributed by atoms with Crippen molar-refractivity contribution in [1.82, 2.24) is 9.88 Å². The highest BCUT2D eigenvalue weighted by Gasteiger charge is 2.20. The minimum atomic E-state index is -0.183. The fourth-order valence-electron chi connectivity index (χ4n) is 3.07. The number of para-hydroxylation sites is 1. The molecule has 1 atom stereocenters. The number of carbonyl (C=O) groups excluding carboxylic acids is 1. The molecule has 3 rings (SSSR count). The van der Waals surface area contributed by atoms with Crippen molar-refractivity contribution in [2.45, 2.75) is 37.6 Å². The van der Waals surface area contributed by atoms with E-state index >= 15 is 0 Å². The molecular formula is C22H24N2OS. The molecule has 0 spiro atoms.